The van der Waals surface area contributed by atoms with E-state index in [9.17, 15) is 13.2 Å². The summed E-state index contributed by atoms with van der Waals surface area (Å²) < 4.78 is 41.4. The van der Waals surface area contributed by atoms with Crippen LogP contribution in [-0.4, -0.2) is 16.3 Å². The lowest BCUT2D eigenvalue weighted by Crippen LogP contribution is -2.16. The molecular weight excluding hydrogens is 533 g/mol. The van der Waals surface area contributed by atoms with Gasteiger partial charge in [-0.2, -0.15) is 0 Å². The third kappa shape index (κ3) is 6.18. The van der Waals surface area contributed by atoms with Gasteiger partial charge in [-0.1, -0.05) is 66.7 Å². The number of halogens is 3. The van der Waals surface area contributed by atoms with Gasteiger partial charge in [-0.15, -0.1) is 13.2 Å². The van der Waals surface area contributed by atoms with Gasteiger partial charge in [0.25, 0.3) is 0 Å². The molecule has 0 aliphatic rings. The Hall–Kier alpha value is -4.97. The second kappa shape index (κ2) is 11.5. The maximum Gasteiger partial charge on any atom is 0.573 e. The van der Waals surface area contributed by atoms with Gasteiger partial charge in [0, 0.05) is 22.7 Å². The van der Waals surface area contributed by atoms with Crippen LogP contribution in [-0.2, 0) is 12.8 Å². The first-order valence-electron chi connectivity index (χ1n) is 13.6. The second-order valence-corrected chi connectivity index (χ2v) is 10.3. The summed E-state index contributed by atoms with van der Waals surface area (Å²) in [5.41, 5.74) is 10.1. The highest BCUT2D eigenvalue weighted by Gasteiger charge is 2.31. The Morgan fingerprint density at radius 2 is 1.33 bits per heavy atom. The molecule has 0 bridgehead atoms. The van der Waals surface area contributed by atoms with Gasteiger partial charge in [0.05, 0.1) is 16.9 Å². The number of fused-ring (bicyclic) bond motifs is 1. The quantitative estimate of drug-likeness (QED) is 0.195. The van der Waals surface area contributed by atoms with Gasteiger partial charge in [-0.25, -0.2) is 4.98 Å². The van der Waals surface area contributed by atoms with Gasteiger partial charge < -0.3 is 4.74 Å². The third-order valence-electron chi connectivity index (χ3n) is 7.28. The van der Waals surface area contributed by atoms with Gasteiger partial charge in [0.2, 0.25) is 0 Å². The maximum atomic E-state index is 12.5. The minimum absolute atomic E-state index is 0.266. The smallest absolute Gasteiger partial charge is 0.406 e. The van der Waals surface area contributed by atoms with Crippen LogP contribution in [0, 0.1) is 6.92 Å². The van der Waals surface area contributed by atoms with Crippen LogP contribution in [0.15, 0.2) is 121 Å². The van der Waals surface area contributed by atoms with Crippen LogP contribution in [0.2, 0.25) is 0 Å². The highest BCUT2D eigenvalue weighted by molar-refractivity contribution is 5.87. The Balaban J connectivity index is 1.34. The molecule has 0 saturated heterocycles. The van der Waals surface area contributed by atoms with Crippen LogP contribution in [0.25, 0.3) is 33.4 Å². The van der Waals surface area contributed by atoms with E-state index in [1.807, 2.05) is 24.3 Å². The van der Waals surface area contributed by atoms with Crippen LogP contribution in [0.3, 0.4) is 0 Å². The number of ether oxygens (including phenoxy) is 1. The van der Waals surface area contributed by atoms with Crippen molar-refractivity contribution in [1.29, 1.82) is 0 Å². The number of aromatic nitrogens is 2. The van der Waals surface area contributed by atoms with Crippen molar-refractivity contribution in [3.63, 3.8) is 0 Å². The van der Waals surface area contributed by atoms with E-state index in [-0.39, 0.29) is 5.75 Å². The van der Waals surface area contributed by atoms with E-state index in [4.69, 9.17) is 4.98 Å². The van der Waals surface area contributed by atoms with Crippen molar-refractivity contribution in [2.45, 2.75) is 26.1 Å². The first kappa shape index (κ1) is 27.2. The summed E-state index contributed by atoms with van der Waals surface area (Å²) >= 11 is 0. The predicted molar refractivity (Wildman–Crippen MR) is 160 cm³/mol. The number of aryl methyl sites for hydroxylation is 1. The predicted octanol–water partition coefficient (Wildman–Crippen LogP) is 9.35. The third-order valence-corrected chi connectivity index (χ3v) is 7.28. The first-order valence-corrected chi connectivity index (χ1v) is 13.6. The molecule has 42 heavy (non-hydrogen) atoms. The lowest BCUT2D eigenvalue weighted by atomic mass is 9.91. The summed E-state index contributed by atoms with van der Waals surface area (Å²) in [6, 6.07) is 37.0. The number of nitrogens with zero attached hydrogens (tertiary/aromatic N) is 2. The van der Waals surface area contributed by atoms with Gasteiger partial charge in [-0.3, -0.25) is 4.98 Å². The van der Waals surface area contributed by atoms with E-state index in [1.165, 1.54) is 34.4 Å². The molecule has 0 saturated carbocycles. The van der Waals surface area contributed by atoms with Crippen LogP contribution < -0.4 is 4.74 Å². The Kier molecular flexibility index (Phi) is 7.44. The molecule has 0 aliphatic carbocycles. The molecule has 0 unspecified atom stereocenters. The van der Waals surface area contributed by atoms with E-state index in [2.05, 4.69) is 83.4 Å². The van der Waals surface area contributed by atoms with Crippen molar-refractivity contribution in [2.75, 3.05) is 0 Å². The zero-order valence-corrected chi connectivity index (χ0v) is 22.9. The van der Waals surface area contributed by atoms with E-state index in [1.54, 1.807) is 18.3 Å². The molecule has 0 aliphatic heterocycles. The molecule has 0 spiro atoms. The normalized spacial score (nSPS) is 11.5. The molecule has 0 N–H and O–H groups in total. The zero-order chi connectivity index (χ0) is 29.1. The fraction of sp³-hybridized carbons (Fsp3) is 0.111. The van der Waals surface area contributed by atoms with Crippen molar-refractivity contribution < 1.29 is 17.9 Å². The molecule has 0 atom stereocenters. The number of alkyl halides is 3. The van der Waals surface area contributed by atoms with E-state index in [0.29, 0.717) is 11.3 Å². The number of benzene rings is 4. The Labute approximate surface area is 242 Å². The largest absolute Gasteiger partial charge is 0.573 e. The molecule has 0 fully saturated rings. The standard InChI is InChI=1S/C36H27F3N2O/c1-24-20-32-31(22-26-10-6-3-7-11-26)28(21-25-8-4-2-5-9-25)14-19-34(32)41-35(24)29-15-18-33(40-23-29)27-12-16-30(17-13-27)42-36(37,38)39/h2-20,23H,21-22H2,1H3. The minimum atomic E-state index is -4.72. The Morgan fingerprint density at radius 3 is 1.95 bits per heavy atom. The molecule has 0 radical (unpaired) electrons. The SMILES string of the molecule is Cc1cc2c(Cc3ccccc3)c(Cc3ccccc3)ccc2nc1-c1ccc(-c2ccc(OC(F)(F)F)cc2)nc1. The van der Waals surface area contributed by atoms with Crippen LogP contribution >= 0.6 is 0 Å². The summed E-state index contributed by atoms with van der Waals surface area (Å²) in [6.45, 7) is 2.06. The Morgan fingerprint density at radius 1 is 0.690 bits per heavy atom. The fourth-order valence-corrected chi connectivity index (χ4v) is 5.26. The van der Waals surface area contributed by atoms with Crippen molar-refractivity contribution in [3.05, 3.63) is 149 Å². The summed E-state index contributed by atoms with van der Waals surface area (Å²) in [4.78, 5) is 9.66. The van der Waals surface area contributed by atoms with Gasteiger partial charge in [0.1, 0.15) is 5.75 Å². The van der Waals surface area contributed by atoms with Gasteiger partial charge >= 0.3 is 6.36 Å². The molecule has 6 rings (SSSR count). The highest BCUT2D eigenvalue weighted by Crippen LogP contribution is 2.32. The summed E-state index contributed by atoms with van der Waals surface area (Å²) in [7, 11) is 0. The number of hydrogen-bond donors (Lipinski definition) is 0. The number of hydrogen-bond acceptors (Lipinski definition) is 3. The second-order valence-electron chi connectivity index (χ2n) is 10.3. The van der Waals surface area contributed by atoms with Crippen LogP contribution in [0.1, 0.15) is 27.8 Å². The summed E-state index contributed by atoms with van der Waals surface area (Å²) in [5, 5.41) is 1.14. The average molecular weight is 561 g/mol. The first-order chi connectivity index (χ1) is 20.3. The molecule has 2 aromatic heterocycles. The molecule has 6 heteroatoms. The van der Waals surface area contributed by atoms with Gasteiger partial charge in [0.15, 0.2) is 0 Å². The lowest BCUT2D eigenvalue weighted by molar-refractivity contribution is -0.274. The highest BCUT2D eigenvalue weighted by atomic mass is 19.4. The Bertz CT molecular complexity index is 1820. The molecule has 2 heterocycles. The van der Waals surface area contributed by atoms with Gasteiger partial charge in [-0.05, 0) is 96.1 Å². The summed E-state index contributed by atoms with van der Waals surface area (Å²) in [6.07, 6.45) is -1.32. The number of pyridine rings is 2. The minimum Gasteiger partial charge on any atom is -0.406 e. The molecule has 3 nitrogen and oxygen atoms in total. The van der Waals surface area contributed by atoms with E-state index < -0.39 is 6.36 Å². The monoisotopic (exact) mass is 560 g/mol. The molecular formula is C36H27F3N2O. The molecule has 4 aromatic carbocycles. The van der Waals surface area contributed by atoms with E-state index >= 15 is 0 Å². The van der Waals surface area contributed by atoms with Crippen molar-refractivity contribution in [1.82, 2.24) is 9.97 Å². The van der Waals surface area contributed by atoms with Crippen molar-refractivity contribution in [3.8, 4) is 28.3 Å². The average Bonchev–Trinajstić information content (AvgIpc) is 2.99. The molecule has 6 aromatic rings. The van der Waals surface area contributed by atoms with Crippen LogP contribution in [0.5, 0.6) is 5.75 Å². The maximum absolute atomic E-state index is 12.5. The van der Waals surface area contributed by atoms with Crippen LogP contribution in [0.4, 0.5) is 13.2 Å². The number of rotatable bonds is 7. The topological polar surface area (TPSA) is 35.0 Å². The lowest BCUT2D eigenvalue weighted by Gasteiger charge is -2.16. The van der Waals surface area contributed by atoms with Crippen molar-refractivity contribution in [2.24, 2.45) is 0 Å². The fourth-order valence-electron chi connectivity index (χ4n) is 5.26. The molecule has 0 amide bonds. The van der Waals surface area contributed by atoms with E-state index in [0.717, 1.165) is 40.6 Å². The zero-order valence-electron chi connectivity index (χ0n) is 22.9. The molecule has 208 valence electrons. The summed E-state index contributed by atoms with van der Waals surface area (Å²) in [5.74, 6) is -0.266. The van der Waals surface area contributed by atoms with Crippen molar-refractivity contribution >= 4 is 10.9 Å².